The Labute approximate surface area is 169 Å². The smallest absolute Gasteiger partial charge is 0.426 e. The van der Waals surface area contributed by atoms with Gasteiger partial charge in [-0.2, -0.15) is 0 Å². The van der Waals surface area contributed by atoms with Crippen molar-refractivity contribution in [3.05, 3.63) is 46.2 Å². The highest BCUT2D eigenvalue weighted by molar-refractivity contribution is 6.35. The molecule has 2 aromatic rings. The molecule has 0 saturated carbocycles. The second-order valence-electron chi connectivity index (χ2n) is 5.60. The summed E-state index contributed by atoms with van der Waals surface area (Å²) in [7, 11) is 1.98. The lowest BCUT2D eigenvalue weighted by Gasteiger charge is -2.30. The van der Waals surface area contributed by atoms with Crippen LogP contribution in [0.3, 0.4) is 0 Å². The van der Waals surface area contributed by atoms with Crippen molar-refractivity contribution in [1.29, 1.82) is 0 Å². The average Bonchev–Trinajstić information content (AvgIpc) is 3.13. The van der Waals surface area contributed by atoms with Crippen LogP contribution in [0.4, 0.5) is 9.59 Å². The molecule has 0 aliphatic rings. The average molecular weight is 431 g/mol. The van der Waals surface area contributed by atoms with E-state index in [4.69, 9.17) is 23.2 Å². The Morgan fingerprint density at radius 1 is 1.21 bits per heavy atom. The van der Waals surface area contributed by atoms with E-state index in [9.17, 15) is 19.5 Å². The number of nitrogens with zero attached hydrogens (tertiary/aromatic N) is 4. The van der Waals surface area contributed by atoms with Crippen molar-refractivity contribution < 1.29 is 29.0 Å². The number of amides is 3. The van der Waals surface area contributed by atoms with E-state index in [-0.39, 0.29) is 22.0 Å². The summed E-state index contributed by atoms with van der Waals surface area (Å²) >= 11 is 12.1. The van der Waals surface area contributed by atoms with E-state index in [1.807, 2.05) is 0 Å². The first-order valence-corrected chi connectivity index (χ1v) is 8.48. The first-order chi connectivity index (χ1) is 13.2. The molecule has 0 fully saturated rings. The van der Waals surface area contributed by atoms with Crippen LogP contribution in [0.25, 0.3) is 0 Å². The second-order valence-corrected chi connectivity index (χ2v) is 6.45. The van der Waals surface area contributed by atoms with Gasteiger partial charge in [-0.05, 0) is 12.1 Å². The van der Waals surface area contributed by atoms with Crippen LogP contribution in [0.5, 0.6) is 0 Å². The monoisotopic (exact) mass is 430 g/mol. The molecule has 12 heteroatoms. The molecule has 0 aliphatic carbocycles. The number of ether oxygens (including phenoxy) is 2. The summed E-state index contributed by atoms with van der Waals surface area (Å²) in [5.74, 6) is -1.08. The van der Waals surface area contributed by atoms with Gasteiger partial charge in [-0.3, -0.25) is 4.79 Å². The van der Waals surface area contributed by atoms with Crippen molar-refractivity contribution in [2.75, 3.05) is 14.2 Å². The van der Waals surface area contributed by atoms with Crippen LogP contribution in [0, 0.1) is 0 Å². The fourth-order valence-electron chi connectivity index (χ4n) is 2.48. The fourth-order valence-corrected chi connectivity index (χ4v) is 3.06. The van der Waals surface area contributed by atoms with Crippen LogP contribution in [0.15, 0.2) is 30.6 Å². The maximum absolute atomic E-state index is 12.7. The third kappa shape index (κ3) is 4.77. The van der Waals surface area contributed by atoms with Gasteiger partial charge >= 0.3 is 12.2 Å². The third-order valence-corrected chi connectivity index (χ3v) is 4.28. The number of aliphatic hydroxyl groups is 1. The molecule has 0 bridgehead atoms. The summed E-state index contributed by atoms with van der Waals surface area (Å²) in [6.45, 7) is -0.254. The minimum atomic E-state index is -1.97. The molecule has 1 aromatic carbocycles. The molecule has 1 N–H and O–H groups in total. The van der Waals surface area contributed by atoms with Gasteiger partial charge in [0.25, 0.3) is 0 Å². The molecule has 1 heterocycles. The summed E-state index contributed by atoms with van der Waals surface area (Å²) in [5.41, 5.74) is -1.83. The predicted molar refractivity (Wildman–Crippen MR) is 96.7 cm³/mol. The van der Waals surface area contributed by atoms with Gasteiger partial charge in [0.2, 0.25) is 5.91 Å². The van der Waals surface area contributed by atoms with Crippen molar-refractivity contribution in [3.8, 4) is 0 Å². The topological polar surface area (TPSA) is 124 Å². The zero-order valence-electron chi connectivity index (χ0n) is 14.8. The van der Waals surface area contributed by atoms with Crippen molar-refractivity contribution >= 4 is 41.3 Å². The Morgan fingerprint density at radius 2 is 1.86 bits per heavy atom. The fraction of sp³-hybridized carbons (Fsp3) is 0.312. The number of benzene rings is 1. The molecule has 2 rings (SSSR count). The quantitative estimate of drug-likeness (QED) is 0.765. The molecule has 0 radical (unpaired) electrons. The third-order valence-electron chi connectivity index (χ3n) is 3.74. The maximum atomic E-state index is 12.7. The van der Waals surface area contributed by atoms with Gasteiger partial charge in [0.1, 0.15) is 5.60 Å². The van der Waals surface area contributed by atoms with E-state index in [1.165, 1.54) is 35.3 Å². The largest absolute Gasteiger partial charge is 0.452 e. The number of hydrogen-bond acceptors (Lipinski definition) is 8. The van der Waals surface area contributed by atoms with Crippen molar-refractivity contribution in [2.45, 2.75) is 18.6 Å². The minimum absolute atomic E-state index is 0.0746. The number of carbonyl (C=O) groups is 3. The molecule has 3 amide bonds. The second kappa shape index (κ2) is 9.00. The first-order valence-electron chi connectivity index (χ1n) is 7.72. The van der Waals surface area contributed by atoms with Gasteiger partial charge in [0.15, 0.2) is 0 Å². The molecule has 1 aromatic heterocycles. The molecule has 0 aliphatic heterocycles. The molecule has 0 saturated heterocycles. The van der Waals surface area contributed by atoms with E-state index in [2.05, 4.69) is 19.8 Å². The highest BCUT2D eigenvalue weighted by Gasteiger charge is 2.40. The highest BCUT2D eigenvalue weighted by Crippen LogP contribution is 2.35. The number of carbonyl (C=O) groups excluding carboxylic acids is 3. The zero-order chi connectivity index (χ0) is 20.9. The Morgan fingerprint density at radius 3 is 2.36 bits per heavy atom. The Hall–Kier alpha value is -2.69. The summed E-state index contributed by atoms with van der Waals surface area (Å²) in [6.07, 6.45) is -0.416. The number of aromatic nitrogens is 3. The van der Waals surface area contributed by atoms with E-state index >= 15 is 0 Å². The normalized spacial score (nSPS) is 12.8. The number of hydrogen-bond donors (Lipinski definition) is 1. The van der Waals surface area contributed by atoms with E-state index in [1.54, 1.807) is 0 Å². The summed E-state index contributed by atoms with van der Waals surface area (Å²) in [4.78, 5) is 36.5. The van der Waals surface area contributed by atoms with Gasteiger partial charge in [-0.1, -0.05) is 34.5 Å². The molecule has 0 spiro atoms. The van der Waals surface area contributed by atoms with Crippen LogP contribution >= 0.6 is 23.2 Å². The van der Waals surface area contributed by atoms with Gasteiger partial charge in [0.05, 0.1) is 33.4 Å². The number of rotatable bonds is 5. The van der Waals surface area contributed by atoms with E-state index < -0.39 is 30.1 Å². The van der Waals surface area contributed by atoms with E-state index in [0.29, 0.717) is 5.02 Å². The van der Waals surface area contributed by atoms with Crippen LogP contribution in [-0.2, 0) is 26.4 Å². The maximum Gasteiger partial charge on any atom is 0.426 e. The Bertz CT molecular complexity index is 860. The lowest BCUT2D eigenvalue weighted by Crippen LogP contribution is -2.46. The van der Waals surface area contributed by atoms with Crippen LogP contribution in [0.2, 0.25) is 10.0 Å². The minimum Gasteiger partial charge on any atom is -0.452 e. The van der Waals surface area contributed by atoms with Gasteiger partial charge in [0, 0.05) is 21.8 Å². The van der Waals surface area contributed by atoms with Crippen molar-refractivity contribution in [2.24, 2.45) is 0 Å². The van der Waals surface area contributed by atoms with Gasteiger partial charge < -0.3 is 14.6 Å². The van der Waals surface area contributed by atoms with Crippen molar-refractivity contribution in [1.82, 2.24) is 19.9 Å². The van der Waals surface area contributed by atoms with Crippen LogP contribution < -0.4 is 0 Å². The molecule has 1 unspecified atom stereocenters. The number of methoxy groups -OCH3 is 2. The van der Waals surface area contributed by atoms with Gasteiger partial charge in [-0.25, -0.2) is 14.3 Å². The molecule has 150 valence electrons. The molecule has 1 atom stereocenters. The molecule has 10 nitrogen and oxygen atoms in total. The molecular formula is C16H16Cl2N4O6. The zero-order valence-corrected chi connectivity index (χ0v) is 16.3. The Balaban J connectivity index is 2.45. The lowest BCUT2D eigenvalue weighted by molar-refractivity contribution is -0.134. The summed E-state index contributed by atoms with van der Waals surface area (Å²) in [5, 5.41) is 19.1. The molecular weight excluding hydrogens is 415 g/mol. The standard InChI is InChI=1S/C16H16Cl2N4O6/c1-27-14(24)22(15(25)28-2)13(23)8-16(26,9-21-6-5-19-20-21)11-4-3-10(17)7-12(11)18/h3-7,26H,8-9H2,1-2H3. The SMILES string of the molecule is COC(=O)N(C(=O)CC(O)(Cn1ccnn1)c1ccc(Cl)cc1Cl)C(=O)OC. The van der Waals surface area contributed by atoms with Crippen molar-refractivity contribution in [3.63, 3.8) is 0 Å². The molecule has 28 heavy (non-hydrogen) atoms. The lowest BCUT2D eigenvalue weighted by atomic mass is 9.89. The van der Waals surface area contributed by atoms with E-state index in [0.717, 1.165) is 14.2 Å². The highest BCUT2D eigenvalue weighted by atomic mass is 35.5. The Kier molecular flexibility index (Phi) is 6.95. The van der Waals surface area contributed by atoms with Crippen LogP contribution in [0.1, 0.15) is 12.0 Å². The first kappa shape index (κ1) is 21.6. The number of imide groups is 3. The predicted octanol–water partition coefficient (Wildman–Crippen LogP) is 2.22. The number of halogens is 2. The summed E-state index contributed by atoms with van der Waals surface area (Å²) < 4.78 is 10.1. The van der Waals surface area contributed by atoms with Crippen LogP contribution in [-0.4, -0.2) is 57.3 Å². The van der Waals surface area contributed by atoms with Gasteiger partial charge in [-0.15, -0.1) is 10.00 Å². The summed E-state index contributed by atoms with van der Waals surface area (Å²) in [6, 6.07) is 4.28.